The van der Waals surface area contributed by atoms with E-state index in [-0.39, 0.29) is 17.8 Å². The average Bonchev–Trinajstić information content (AvgIpc) is 3.50. The standard InChI is InChI=1S/C29H27N9O2/c1-18-34-35-27-26(31-24(19-8-3-2-4-9-19)21-10-5-6-11-22(21)37(18)27)33-28(39)36-16-13-20(14-17-36)38-23-12-7-15-30-25(23)32-29(38)40/h2-12,15,20,26H,13-14,16-17H2,1H3,(H,33,39)(H,30,32,40)/t26-/m0/s1. The molecule has 0 radical (unpaired) electrons. The van der Waals surface area contributed by atoms with Gasteiger partial charge >= 0.3 is 11.7 Å². The Balaban J connectivity index is 1.17. The van der Waals surface area contributed by atoms with Gasteiger partial charge in [0.2, 0.25) is 0 Å². The number of aromatic amines is 1. The van der Waals surface area contributed by atoms with E-state index >= 15 is 0 Å². The lowest BCUT2D eigenvalue weighted by atomic mass is 10.0. The molecule has 7 rings (SSSR count). The number of rotatable bonds is 3. The van der Waals surface area contributed by atoms with Crippen molar-refractivity contribution < 1.29 is 4.79 Å². The van der Waals surface area contributed by atoms with E-state index in [1.165, 1.54) is 0 Å². The van der Waals surface area contributed by atoms with E-state index in [0.717, 1.165) is 28.0 Å². The molecule has 5 aromatic rings. The average molecular weight is 534 g/mol. The van der Waals surface area contributed by atoms with E-state index in [0.29, 0.717) is 43.2 Å². The summed E-state index contributed by atoms with van der Waals surface area (Å²) in [7, 11) is 0. The van der Waals surface area contributed by atoms with Crippen LogP contribution in [0.4, 0.5) is 4.79 Å². The summed E-state index contributed by atoms with van der Waals surface area (Å²) in [5.74, 6) is 1.27. The molecule has 11 heteroatoms. The Kier molecular flexibility index (Phi) is 5.76. The van der Waals surface area contributed by atoms with Crippen LogP contribution in [-0.4, -0.2) is 59.0 Å². The number of piperidine rings is 1. The molecule has 2 aliphatic rings. The number of hydrogen-bond acceptors (Lipinski definition) is 6. The number of aryl methyl sites for hydroxylation is 1. The summed E-state index contributed by atoms with van der Waals surface area (Å²) in [5.41, 5.74) is 4.77. The third-order valence-electron chi connectivity index (χ3n) is 7.67. The lowest BCUT2D eigenvalue weighted by Gasteiger charge is -2.33. The molecule has 11 nitrogen and oxygen atoms in total. The van der Waals surface area contributed by atoms with Crippen LogP contribution in [0.5, 0.6) is 0 Å². The molecular weight excluding hydrogens is 506 g/mol. The van der Waals surface area contributed by atoms with Gasteiger partial charge < -0.3 is 10.2 Å². The first-order chi connectivity index (χ1) is 19.6. The summed E-state index contributed by atoms with van der Waals surface area (Å²) in [4.78, 5) is 40.2. The van der Waals surface area contributed by atoms with Gasteiger partial charge in [0.1, 0.15) is 5.82 Å². The number of hydrogen-bond donors (Lipinski definition) is 2. The third kappa shape index (κ3) is 3.98. The van der Waals surface area contributed by atoms with Gasteiger partial charge in [0, 0.05) is 36.5 Å². The number of nitrogens with one attached hydrogen (secondary N) is 2. The van der Waals surface area contributed by atoms with Gasteiger partial charge in [-0.2, -0.15) is 0 Å². The normalized spacial score (nSPS) is 17.2. The van der Waals surface area contributed by atoms with Gasteiger partial charge in [0.05, 0.1) is 16.9 Å². The minimum absolute atomic E-state index is 0.0182. The summed E-state index contributed by atoms with van der Waals surface area (Å²) in [5, 5.41) is 11.9. The summed E-state index contributed by atoms with van der Waals surface area (Å²) < 4.78 is 3.73. The van der Waals surface area contributed by atoms with Gasteiger partial charge in [-0.3, -0.25) is 19.1 Å². The van der Waals surface area contributed by atoms with Crippen LogP contribution in [0.15, 0.2) is 82.7 Å². The van der Waals surface area contributed by atoms with Crippen molar-refractivity contribution in [1.29, 1.82) is 0 Å². The smallest absolute Gasteiger partial charge is 0.325 e. The number of H-pyrrole nitrogens is 1. The summed E-state index contributed by atoms with van der Waals surface area (Å²) in [6, 6.07) is 21.4. The number of benzene rings is 2. The Bertz CT molecular complexity index is 1810. The number of urea groups is 1. The quantitative estimate of drug-likeness (QED) is 0.367. The van der Waals surface area contributed by atoms with Crippen LogP contribution in [0, 0.1) is 6.92 Å². The number of carbonyl (C=O) groups excluding carboxylic acids is 1. The molecule has 1 atom stereocenters. The van der Waals surface area contributed by atoms with Crippen molar-refractivity contribution in [2.75, 3.05) is 13.1 Å². The van der Waals surface area contributed by atoms with Crippen molar-refractivity contribution in [1.82, 2.24) is 39.5 Å². The highest BCUT2D eigenvalue weighted by atomic mass is 16.2. The molecule has 2 N–H and O–H groups in total. The number of amides is 2. The fourth-order valence-corrected chi connectivity index (χ4v) is 5.76. The molecule has 0 spiro atoms. The molecule has 0 saturated carbocycles. The van der Waals surface area contributed by atoms with Crippen LogP contribution in [0.3, 0.4) is 0 Å². The second-order valence-electron chi connectivity index (χ2n) is 10.0. The van der Waals surface area contributed by atoms with E-state index in [1.807, 2.05) is 78.2 Å². The predicted molar refractivity (Wildman–Crippen MR) is 150 cm³/mol. The van der Waals surface area contributed by atoms with Crippen molar-refractivity contribution in [3.8, 4) is 5.69 Å². The fraction of sp³-hybridized carbons (Fsp3) is 0.241. The fourth-order valence-electron chi connectivity index (χ4n) is 5.76. The number of para-hydroxylation sites is 1. The number of aliphatic imine (C=N–C) groups is 1. The third-order valence-corrected chi connectivity index (χ3v) is 7.67. The first-order valence-corrected chi connectivity index (χ1v) is 13.3. The van der Waals surface area contributed by atoms with E-state index in [2.05, 4.69) is 25.5 Å². The van der Waals surface area contributed by atoms with E-state index in [4.69, 9.17) is 4.99 Å². The summed E-state index contributed by atoms with van der Waals surface area (Å²) >= 11 is 0. The molecule has 1 fully saturated rings. The highest BCUT2D eigenvalue weighted by Gasteiger charge is 2.32. The molecule has 2 amide bonds. The summed E-state index contributed by atoms with van der Waals surface area (Å²) in [6.45, 7) is 2.90. The van der Waals surface area contributed by atoms with Crippen LogP contribution < -0.4 is 11.0 Å². The zero-order valence-electron chi connectivity index (χ0n) is 21.9. The zero-order chi connectivity index (χ0) is 27.2. The van der Waals surface area contributed by atoms with Crippen molar-refractivity contribution in [3.63, 3.8) is 0 Å². The predicted octanol–water partition coefficient (Wildman–Crippen LogP) is 3.51. The second kappa shape index (κ2) is 9.60. The number of imidazole rings is 1. The minimum Gasteiger partial charge on any atom is -0.325 e. The van der Waals surface area contributed by atoms with Crippen LogP contribution in [0.25, 0.3) is 16.9 Å². The molecule has 3 aromatic heterocycles. The largest absolute Gasteiger partial charge is 0.327 e. The lowest BCUT2D eigenvalue weighted by molar-refractivity contribution is 0.168. The second-order valence-corrected chi connectivity index (χ2v) is 10.0. The molecule has 0 bridgehead atoms. The number of nitrogens with zero attached hydrogens (tertiary/aromatic N) is 7. The Labute approximate surface area is 229 Å². The maximum atomic E-state index is 13.6. The van der Waals surface area contributed by atoms with E-state index in [9.17, 15) is 9.59 Å². The topological polar surface area (TPSA) is 126 Å². The maximum Gasteiger partial charge on any atom is 0.327 e. The van der Waals surface area contributed by atoms with Crippen LogP contribution in [-0.2, 0) is 0 Å². The Morgan fingerprint density at radius 3 is 2.58 bits per heavy atom. The highest BCUT2D eigenvalue weighted by Crippen LogP contribution is 2.30. The van der Waals surface area contributed by atoms with Crippen LogP contribution >= 0.6 is 0 Å². The van der Waals surface area contributed by atoms with Crippen LogP contribution in [0.1, 0.15) is 47.8 Å². The Morgan fingerprint density at radius 1 is 0.975 bits per heavy atom. The van der Waals surface area contributed by atoms with E-state index < -0.39 is 6.17 Å². The Hall–Kier alpha value is -5.06. The van der Waals surface area contributed by atoms with Gasteiger partial charge in [0.25, 0.3) is 0 Å². The van der Waals surface area contributed by atoms with Gasteiger partial charge in [-0.1, -0.05) is 48.5 Å². The number of likely N-dealkylation sites (tertiary alicyclic amines) is 1. The molecule has 5 heterocycles. The van der Waals surface area contributed by atoms with Crippen molar-refractivity contribution in [3.05, 3.63) is 106 Å². The summed E-state index contributed by atoms with van der Waals surface area (Å²) in [6.07, 6.45) is 2.23. The number of aromatic nitrogens is 6. The molecule has 0 unspecified atom stereocenters. The monoisotopic (exact) mass is 533 g/mol. The minimum atomic E-state index is -0.739. The lowest BCUT2D eigenvalue weighted by Crippen LogP contribution is -2.46. The van der Waals surface area contributed by atoms with Crippen molar-refractivity contribution >= 4 is 22.9 Å². The maximum absolute atomic E-state index is 13.6. The van der Waals surface area contributed by atoms with Crippen LogP contribution in [0.2, 0.25) is 0 Å². The van der Waals surface area contributed by atoms with Gasteiger partial charge in [-0.25, -0.2) is 14.6 Å². The van der Waals surface area contributed by atoms with Gasteiger partial charge in [-0.05, 0) is 38.0 Å². The van der Waals surface area contributed by atoms with E-state index in [1.54, 1.807) is 15.7 Å². The zero-order valence-corrected chi connectivity index (χ0v) is 21.9. The SMILES string of the molecule is Cc1nnc2n1-c1ccccc1C(c1ccccc1)=N[C@H]2NC(=O)N1CCC(n2c(=O)[nH]c3ncccc32)CC1. The molecule has 2 aromatic carbocycles. The first kappa shape index (κ1) is 24.0. The number of fused-ring (bicyclic) bond motifs is 4. The molecule has 40 heavy (non-hydrogen) atoms. The molecule has 1 saturated heterocycles. The van der Waals surface area contributed by atoms with Crippen molar-refractivity contribution in [2.45, 2.75) is 32.0 Å². The Morgan fingerprint density at radius 2 is 1.75 bits per heavy atom. The van der Waals surface area contributed by atoms with Crippen molar-refractivity contribution in [2.24, 2.45) is 4.99 Å². The van der Waals surface area contributed by atoms with Gasteiger partial charge in [-0.15, -0.1) is 10.2 Å². The number of pyridine rings is 1. The molecule has 200 valence electrons. The highest BCUT2D eigenvalue weighted by molar-refractivity contribution is 6.15. The molecule has 0 aliphatic carbocycles. The first-order valence-electron chi connectivity index (χ1n) is 13.3. The molecule has 2 aliphatic heterocycles. The number of carbonyl (C=O) groups is 1. The van der Waals surface area contributed by atoms with Gasteiger partial charge in [0.15, 0.2) is 17.6 Å². The molecular formula is C29H27N9O2.